The van der Waals surface area contributed by atoms with Crippen LogP contribution in [0.15, 0.2) is 12.3 Å². The highest BCUT2D eigenvalue weighted by atomic mass is 15.1. The predicted octanol–water partition coefficient (Wildman–Crippen LogP) is 2.84. The van der Waals surface area contributed by atoms with Crippen LogP contribution < -0.4 is 5.32 Å². The molecule has 1 aromatic heterocycles. The van der Waals surface area contributed by atoms with Crippen LogP contribution in [0.5, 0.6) is 0 Å². The highest BCUT2D eigenvalue weighted by molar-refractivity contribution is 5.32. The molecule has 0 radical (unpaired) electrons. The summed E-state index contributed by atoms with van der Waals surface area (Å²) in [6.45, 7) is 4.35. The zero-order valence-electron chi connectivity index (χ0n) is 10.0. The van der Waals surface area contributed by atoms with Crippen LogP contribution in [0.3, 0.4) is 0 Å². The fourth-order valence-electron chi connectivity index (χ4n) is 1.50. The van der Waals surface area contributed by atoms with E-state index in [1.165, 1.54) is 19.3 Å². The van der Waals surface area contributed by atoms with Gasteiger partial charge in [0.2, 0.25) is 5.95 Å². The van der Waals surface area contributed by atoms with Gasteiger partial charge in [-0.2, -0.15) is 0 Å². The first-order chi connectivity index (χ1) is 7.76. The number of hydrogen-bond acceptors (Lipinski definition) is 3. The Morgan fingerprint density at radius 2 is 2.31 bits per heavy atom. The second kappa shape index (κ2) is 6.84. The summed E-state index contributed by atoms with van der Waals surface area (Å²) < 4.78 is 0. The third-order valence-electron chi connectivity index (χ3n) is 2.42. The average Bonchev–Trinajstić information content (AvgIpc) is 2.29. The SMILES string of the molecule is C#Cc1ccnc(NC(C)CCCCC)n1. The normalized spacial score (nSPS) is 11.8. The maximum atomic E-state index is 5.28. The van der Waals surface area contributed by atoms with Crippen molar-refractivity contribution in [3.63, 3.8) is 0 Å². The van der Waals surface area contributed by atoms with Crippen molar-refractivity contribution in [2.75, 3.05) is 5.32 Å². The number of aromatic nitrogens is 2. The quantitative estimate of drug-likeness (QED) is 0.588. The number of nitrogens with one attached hydrogen (secondary N) is 1. The van der Waals surface area contributed by atoms with Crippen molar-refractivity contribution < 1.29 is 0 Å². The van der Waals surface area contributed by atoms with E-state index in [0.717, 1.165) is 6.42 Å². The molecule has 0 fully saturated rings. The minimum Gasteiger partial charge on any atom is -0.352 e. The predicted molar refractivity (Wildman–Crippen MR) is 67.2 cm³/mol. The van der Waals surface area contributed by atoms with E-state index in [9.17, 15) is 0 Å². The molecule has 16 heavy (non-hydrogen) atoms. The summed E-state index contributed by atoms with van der Waals surface area (Å²) in [5, 5.41) is 3.26. The monoisotopic (exact) mass is 217 g/mol. The van der Waals surface area contributed by atoms with Crippen LogP contribution in [0.2, 0.25) is 0 Å². The molecule has 1 rings (SSSR count). The third-order valence-corrected chi connectivity index (χ3v) is 2.42. The van der Waals surface area contributed by atoms with Crippen molar-refractivity contribution in [3.8, 4) is 12.3 Å². The standard InChI is InChI=1S/C13H19N3/c1-4-6-7-8-11(3)15-13-14-10-9-12(5-2)16-13/h2,9-11H,4,6-8H2,1,3H3,(H,14,15,16). The number of hydrogen-bond donors (Lipinski definition) is 1. The summed E-state index contributed by atoms with van der Waals surface area (Å²) in [6, 6.07) is 2.12. The van der Waals surface area contributed by atoms with Crippen LogP contribution in [0, 0.1) is 12.3 Å². The van der Waals surface area contributed by atoms with Crippen LogP contribution in [-0.4, -0.2) is 16.0 Å². The van der Waals surface area contributed by atoms with E-state index in [-0.39, 0.29) is 0 Å². The van der Waals surface area contributed by atoms with E-state index >= 15 is 0 Å². The van der Waals surface area contributed by atoms with E-state index in [1.807, 2.05) is 0 Å². The van der Waals surface area contributed by atoms with Gasteiger partial charge in [-0.1, -0.05) is 32.1 Å². The van der Waals surface area contributed by atoms with Gasteiger partial charge in [-0.25, -0.2) is 9.97 Å². The maximum Gasteiger partial charge on any atom is 0.224 e. The second-order valence-corrected chi connectivity index (χ2v) is 3.95. The molecule has 86 valence electrons. The molecule has 0 amide bonds. The lowest BCUT2D eigenvalue weighted by atomic mass is 10.1. The largest absolute Gasteiger partial charge is 0.352 e. The van der Waals surface area contributed by atoms with Gasteiger partial charge >= 0.3 is 0 Å². The van der Waals surface area contributed by atoms with Gasteiger partial charge < -0.3 is 5.32 Å². The van der Waals surface area contributed by atoms with Crippen molar-refractivity contribution in [3.05, 3.63) is 18.0 Å². The zero-order chi connectivity index (χ0) is 11.8. The molecule has 1 aromatic rings. The second-order valence-electron chi connectivity index (χ2n) is 3.95. The summed E-state index contributed by atoms with van der Waals surface area (Å²) in [5.41, 5.74) is 0.623. The van der Waals surface area contributed by atoms with Gasteiger partial charge in [0.15, 0.2) is 0 Å². The minimum atomic E-state index is 0.388. The molecule has 3 heteroatoms. The lowest BCUT2D eigenvalue weighted by Crippen LogP contribution is -2.17. The molecular weight excluding hydrogens is 198 g/mol. The smallest absolute Gasteiger partial charge is 0.224 e. The van der Waals surface area contributed by atoms with E-state index in [1.54, 1.807) is 12.3 Å². The first-order valence-corrected chi connectivity index (χ1v) is 5.82. The van der Waals surface area contributed by atoms with Gasteiger partial charge in [0, 0.05) is 12.2 Å². The Kier molecular flexibility index (Phi) is 5.35. The molecule has 0 saturated carbocycles. The van der Waals surface area contributed by atoms with Crippen molar-refractivity contribution in [1.82, 2.24) is 9.97 Å². The topological polar surface area (TPSA) is 37.8 Å². The Bertz CT molecular complexity index is 354. The molecule has 0 aliphatic carbocycles. The minimum absolute atomic E-state index is 0.388. The van der Waals surface area contributed by atoms with Gasteiger partial charge in [0.05, 0.1) is 0 Å². The number of nitrogens with zero attached hydrogens (tertiary/aromatic N) is 2. The lowest BCUT2D eigenvalue weighted by Gasteiger charge is -2.13. The summed E-state index contributed by atoms with van der Waals surface area (Å²) in [4.78, 5) is 8.34. The average molecular weight is 217 g/mol. The molecule has 0 aliphatic heterocycles. The van der Waals surface area contributed by atoms with Gasteiger partial charge in [-0.15, -0.1) is 6.42 Å². The molecular formula is C13H19N3. The van der Waals surface area contributed by atoms with Crippen molar-refractivity contribution in [2.45, 2.75) is 45.6 Å². The molecule has 1 heterocycles. The molecule has 0 bridgehead atoms. The third kappa shape index (κ3) is 4.31. The van der Waals surface area contributed by atoms with Gasteiger partial charge in [-0.05, 0) is 19.4 Å². The molecule has 3 nitrogen and oxygen atoms in total. The van der Waals surface area contributed by atoms with Gasteiger partial charge in [0.1, 0.15) is 5.69 Å². The van der Waals surface area contributed by atoms with Crippen LogP contribution in [0.4, 0.5) is 5.95 Å². The molecule has 0 aliphatic rings. The first-order valence-electron chi connectivity index (χ1n) is 5.82. The number of terminal acetylenes is 1. The molecule has 0 saturated heterocycles. The van der Waals surface area contributed by atoms with Gasteiger partial charge in [-0.3, -0.25) is 0 Å². The fraction of sp³-hybridized carbons (Fsp3) is 0.538. The van der Waals surface area contributed by atoms with Crippen LogP contribution in [0.1, 0.15) is 45.2 Å². The highest BCUT2D eigenvalue weighted by Gasteiger charge is 2.03. The van der Waals surface area contributed by atoms with E-state index in [2.05, 4.69) is 35.1 Å². The molecule has 0 spiro atoms. The Hall–Kier alpha value is -1.56. The highest BCUT2D eigenvalue weighted by Crippen LogP contribution is 2.07. The summed E-state index contributed by atoms with van der Waals surface area (Å²) in [6.07, 6.45) is 11.9. The molecule has 1 N–H and O–H groups in total. The maximum absolute atomic E-state index is 5.28. The van der Waals surface area contributed by atoms with E-state index in [4.69, 9.17) is 6.42 Å². The van der Waals surface area contributed by atoms with Crippen molar-refractivity contribution in [2.24, 2.45) is 0 Å². The van der Waals surface area contributed by atoms with Crippen LogP contribution in [0.25, 0.3) is 0 Å². The Balaban J connectivity index is 2.43. The Labute approximate surface area is 97.7 Å². The van der Waals surface area contributed by atoms with Crippen molar-refractivity contribution >= 4 is 5.95 Å². The van der Waals surface area contributed by atoms with E-state index < -0.39 is 0 Å². The Morgan fingerprint density at radius 1 is 1.50 bits per heavy atom. The molecule has 0 aromatic carbocycles. The number of rotatable bonds is 6. The van der Waals surface area contributed by atoms with Crippen LogP contribution >= 0.6 is 0 Å². The van der Waals surface area contributed by atoms with Gasteiger partial charge in [0.25, 0.3) is 0 Å². The van der Waals surface area contributed by atoms with Crippen LogP contribution in [-0.2, 0) is 0 Å². The molecule has 1 atom stereocenters. The summed E-state index contributed by atoms with van der Waals surface area (Å²) in [7, 11) is 0. The lowest BCUT2D eigenvalue weighted by molar-refractivity contribution is 0.612. The fourth-order valence-corrected chi connectivity index (χ4v) is 1.50. The summed E-state index contributed by atoms with van der Waals surface area (Å²) in [5.74, 6) is 3.13. The number of anilines is 1. The number of unbranched alkanes of at least 4 members (excludes halogenated alkanes) is 2. The van der Waals surface area contributed by atoms with Crippen molar-refractivity contribution in [1.29, 1.82) is 0 Å². The molecule has 1 unspecified atom stereocenters. The first kappa shape index (κ1) is 12.5. The summed E-state index contributed by atoms with van der Waals surface area (Å²) >= 11 is 0. The van der Waals surface area contributed by atoms with E-state index in [0.29, 0.717) is 17.7 Å². The zero-order valence-corrected chi connectivity index (χ0v) is 10.0. The Morgan fingerprint density at radius 3 is 3.00 bits per heavy atom.